The van der Waals surface area contributed by atoms with Gasteiger partial charge in [-0.25, -0.2) is 0 Å². The van der Waals surface area contributed by atoms with E-state index in [1.807, 2.05) is 19.2 Å². The number of unbranched alkanes of at least 4 members (excludes halogenated alkanes) is 1. The number of hydrogen-bond acceptors (Lipinski definition) is 5. The molecule has 1 fully saturated rings. The second kappa shape index (κ2) is 11.8. The molecule has 0 spiro atoms. The highest BCUT2D eigenvalue weighted by Crippen LogP contribution is 2.17. The Morgan fingerprint density at radius 1 is 1.36 bits per heavy atom. The maximum Gasteiger partial charge on any atom is 0.305 e. The van der Waals surface area contributed by atoms with Gasteiger partial charge in [0.25, 0.3) is 0 Å². The number of esters is 1. The first kappa shape index (κ1) is 21.3. The quantitative estimate of drug-likeness (QED) is 0.641. The summed E-state index contributed by atoms with van der Waals surface area (Å²) in [5.74, 6) is -0.542. The van der Waals surface area contributed by atoms with E-state index in [2.05, 4.69) is 4.74 Å². The van der Waals surface area contributed by atoms with Crippen molar-refractivity contribution in [2.24, 2.45) is 5.73 Å². The van der Waals surface area contributed by atoms with Gasteiger partial charge in [-0.1, -0.05) is 13.3 Å². The Bertz CT molecular complexity index is 490. The van der Waals surface area contributed by atoms with E-state index in [9.17, 15) is 9.59 Å². The molecule has 1 amide bonds. The van der Waals surface area contributed by atoms with Crippen molar-refractivity contribution < 1.29 is 28.7 Å². The van der Waals surface area contributed by atoms with Crippen molar-refractivity contribution in [3.05, 3.63) is 23.9 Å². The third kappa shape index (κ3) is 7.81. The number of primary amides is 1. The van der Waals surface area contributed by atoms with Gasteiger partial charge in [0.15, 0.2) is 6.23 Å². The SMILES string of the molecule is CCCCC(=O)OC[C@@H]1CC[C@H]([NH+]2C=CC=C(C(N)=O)C2)O1.COC. The van der Waals surface area contributed by atoms with Gasteiger partial charge in [0.05, 0.1) is 17.9 Å². The lowest BCUT2D eigenvalue weighted by molar-refractivity contribution is -0.894. The number of hydrogen-bond donors (Lipinski definition) is 2. The summed E-state index contributed by atoms with van der Waals surface area (Å²) in [6.07, 6.45) is 9.54. The Labute approximate surface area is 149 Å². The maximum atomic E-state index is 11.5. The summed E-state index contributed by atoms with van der Waals surface area (Å²) >= 11 is 0. The largest absolute Gasteiger partial charge is 0.463 e. The summed E-state index contributed by atoms with van der Waals surface area (Å²) in [6.45, 7) is 2.90. The number of rotatable bonds is 7. The topological polar surface area (TPSA) is 92.3 Å². The van der Waals surface area contributed by atoms with Crippen LogP contribution in [0.2, 0.25) is 0 Å². The van der Waals surface area contributed by atoms with Crippen LogP contribution in [-0.2, 0) is 23.8 Å². The predicted octanol–water partition coefficient (Wildman–Crippen LogP) is 0.311. The fourth-order valence-electron chi connectivity index (χ4n) is 2.70. The van der Waals surface area contributed by atoms with Crippen molar-refractivity contribution in [3.63, 3.8) is 0 Å². The van der Waals surface area contributed by atoms with Gasteiger partial charge >= 0.3 is 5.97 Å². The smallest absolute Gasteiger partial charge is 0.305 e. The molecule has 2 aliphatic rings. The number of methoxy groups -OCH3 is 1. The number of amides is 1. The van der Waals surface area contributed by atoms with Crippen LogP contribution in [0, 0.1) is 0 Å². The lowest BCUT2D eigenvalue weighted by Crippen LogP contribution is -3.12. The molecule has 0 bridgehead atoms. The van der Waals surface area contributed by atoms with Crippen molar-refractivity contribution in [1.29, 1.82) is 0 Å². The van der Waals surface area contributed by atoms with E-state index >= 15 is 0 Å². The van der Waals surface area contributed by atoms with Gasteiger partial charge in [-0.05, 0) is 25.0 Å². The number of quaternary nitrogens is 1. The Hall–Kier alpha value is -1.70. The fraction of sp³-hybridized carbons (Fsp3) is 0.667. The van der Waals surface area contributed by atoms with E-state index in [-0.39, 0.29) is 24.2 Å². The van der Waals surface area contributed by atoms with E-state index in [0.717, 1.165) is 30.6 Å². The van der Waals surface area contributed by atoms with Crippen LogP contribution in [0.15, 0.2) is 23.9 Å². The number of allylic oxidation sites excluding steroid dienone is 2. The summed E-state index contributed by atoms with van der Waals surface area (Å²) < 4.78 is 15.4. The van der Waals surface area contributed by atoms with Crippen molar-refractivity contribution in [2.75, 3.05) is 27.4 Å². The van der Waals surface area contributed by atoms with Gasteiger partial charge in [0.1, 0.15) is 13.2 Å². The van der Waals surface area contributed by atoms with Crippen molar-refractivity contribution in [3.8, 4) is 0 Å². The normalized spacial score (nSPS) is 24.9. The van der Waals surface area contributed by atoms with Crippen LogP contribution in [0.4, 0.5) is 0 Å². The molecule has 1 unspecified atom stereocenters. The van der Waals surface area contributed by atoms with Crippen LogP contribution >= 0.6 is 0 Å². The molecule has 2 aliphatic heterocycles. The summed E-state index contributed by atoms with van der Waals surface area (Å²) in [7, 11) is 3.25. The van der Waals surface area contributed by atoms with Gasteiger partial charge in [0, 0.05) is 27.1 Å². The Morgan fingerprint density at radius 3 is 2.72 bits per heavy atom. The fourth-order valence-corrected chi connectivity index (χ4v) is 2.70. The van der Waals surface area contributed by atoms with Crippen LogP contribution in [0.5, 0.6) is 0 Å². The van der Waals surface area contributed by atoms with Crippen molar-refractivity contribution >= 4 is 11.9 Å². The third-order valence-corrected chi connectivity index (χ3v) is 4.00. The molecule has 7 nitrogen and oxygen atoms in total. The minimum Gasteiger partial charge on any atom is -0.463 e. The first-order valence-electron chi connectivity index (χ1n) is 8.75. The third-order valence-electron chi connectivity index (χ3n) is 4.00. The minimum atomic E-state index is -0.388. The number of nitrogens with two attached hydrogens (primary N) is 1. The number of carbonyl (C=O) groups is 2. The summed E-state index contributed by atoms with van der Waals surface area (Å²) in [6, 6.07) is 0. The van der Waals surface area contributed by atoms with Gasteiger partial charge in [0.2, 0.25) is 5.91 Å². The lowest BCUT2D eigenvalue weighted by atomic mass is 10.1. The minimum absolute atomic E-state index is 0.0151. The molecule has 0 aromatic heterocycles. The molecule has 0 aromatic rings. The molecule has 0 radical (unpaired) electrons. The van der Waals surface area contributed by atoms with E-state index in [4.69, 9.17) is 15.2 Å². The standard InChI is InChI=1S/C16H24N2O4.C2H6O/c1-2-3-6-15(19)21-11-13-7-8-14(22-13)18-9-4-5-12(10-18)16(17)20;1-3-2/h4-5,9,13-14H,2-3,6-8,10-11H2,1H3,(H2,17,20);1-2H3/p+1/t13-,14+;/m0./s1. The van der Waals surface area contributed by atoms with Gasteiger partial charge in [-0.2, -0.15) is 0 Å². The molecule has 0 saturated carbocycles. The monoisotopic (exact) mass is 355 g/mol. The average molecular weight is 355 g/mol. The van der Waals surface area contributed by atoms with Crippen molar-refractivity contribution in [2.45, 2.75) is 51.4 Å². The molecule has 1 saturated heterocycles. The molecule has 2 heterocycles. The van der Waals surface area contributed by atoms with E-state index in [0.29, 0.717) is 25.1 Å². The molecule has 0 aromatic carbocycles. The Morgan fingerprint density at radius 2 is 2.08 bits per heavy atom. The zero-order chi connectivity index (χ0) is 18.7. The van der Waals surface area contributed by atoms with E-state index < -0.39 is 0 Å². The second-order valence-corrected chi connectivity index (χ2v) is 6.19. The Balaban J connectivity index is 0.000000970. The average Bonchev–Trinajstić information content (AvgIpc) is 3.08. The molecular formula is C18H31N2O5+. The maximum absolute atomic E-state index is 11.5. The highest BCUT2D eigenvalue weighted by atomic mass is 16.6. The molecule has 2 rings (SSSR count). The predicted molar refractivity (Wildman–Crippen MR) is 93.6 cm³/mol. The molecule has 3 atom stereocenters. The number of carbonyl (C=O) groups excluding carboxylic acids is 2. The molecule has 7 heteroatoms. The zero-order valence-electron chi connectivity index (χ0n) is 15.5. The zero-order valence-corrected chi connectivity index (χ0v) is 15.5. The van der Waals surface area contributed by atoms with Gasteiger partial charge in [-0.15, -0.1) is 0 Å². The van der Waals surface area contributed by atoms with Crippen molar-refractivity contribution in [1.82, 2.24) is 0 Å². The highest BCUT2D eigenvalue weighted by Gasteiger charge is 2.34. The molecule has 0 aliphatic carbocycles. The highest BCUT2D eigenvalue weighted by molar-refractivity contribution is 5.92. The summed E-state index contributed by atoms with van der Waals surface area (Å²) in [4.78, 5) is 23.8. The number of nitrogens with one attached hydrogen (secondary N) is 1. The van der Waals surface area contributed by atoms with E-state index in [1.54, 1.807) is 20.3 Å². The first-order valence-corrected chi connectivity index (χ1v) is 8.75. The van der Waals surface area contributed by atoms with Gasteiger partial charge < -0.3 is 19.9 Å². The summed E-state index contributed by atoms with van der Waals surface area (Å²) in [5, 5.41) is 0. The molecular weight excluding hydrogens is 324 g/mol. The molecule has 25 heavy (non-hydrogen) atoms. The Kier molecular flexibility index (Phi) is 10.1. The van der Waals surface area contributed by atoms with E-state index in [1.165, 1.54) is 0 Å². The lowest BCUT2D eigenvalue weighted by Gasteiger charge is -2.24. The molecule has 142 valence electrons. The van der Waals surface area contributed by atoms with Crippen LogP contribution in [0.25, 0.3) is 0 Å². The van der Waals surface area contributed by atoms with Crippen LogP contribution in [0.1, 0.15) is 39.0 Å². The van der Waals surface area contributed by atoms with Crippen LogP contribution < -0.4 is 10.6 Å². The van der Waals surface area contributed by atoms with Crippen LogP contribution in [-0.4, -0.2) is 51.6 Å². The second-order valence-electron chi connectivity index (χ2n) is 6.19. The number of ether oxygens (including phenoxy) is 3. The first-order chi connectivity index (χ1) is 12.0. The van der Waals surface area contributed by atoms with Gasteiger partial charge in [-0.3, -0.25) is 14.5 Å². The summed E-state index contributed by atoms with van der Waals surface area (Å²) in [5.41, 5.74) is 5.93. The van der Waals surface area contributed by atoms with Crippen LogP contribution in [0.3, 0.4) is 0 Å². The molecule has 3 N–H and O–H groups in total.